The van der Waals surface area contributed by atoms with Crippen LogP contribution in [0.25, 0.3) is 0 Å². The van der Waals surface area contributed by atoms with E-state index in [4.69, 9.17) is 15.8 Å². The van der Waals surface area contributed by atoms with Gasteiger partial charge < -0.3 is 0 Å². The average Bonchev–Trinajstić information content (AvgIpc) is 2.35. The molecular weight excluding hydrogens is 300 g/mol. The Kier molecular flexibility index (Phi) is 4.15. The smallest absolute Gasteiger partial charge is 0.198 e. The second-order valence-corrected chi connectivity index (χ2v) is 3.76. The van der Waals surface area contributed by atoms with Crippen LogP contribution in [0.1, 0.15) is 27.8 Å². The van der Waals surface area contributed by atoms with Gasteiger partial charge in [0.15, 0.2) is 0 Å². The molecule has 1 rings (SSSR count). The van der Waals surface area contributed by atoms with Crippen molar-refractivity contribution in [3.05, 3.63) is 33.9 Å². The number of benzene rings is 1. The second kappa shape index (κ2) is 5.34. The zero-order valence-corrected chi connectivity index (χ0v) is 9.89. The highest BCUT2D eigenvalue weighted by molar-refractivity contribution is 5.58. The van der Waals surface area contributed by atoms with Crippen LogP contribution in [0.3, 0.4) is 0 Å². The SMILES string of the molecule is N#CCc1cc(C#N)c(C#N)c(C(F)(F)F)c1C(F)(F)F. The Bertz CT molecular complexity index is 695. The van der Waals surface area contributed by atoms with Gasteiger partial charge in [-0.2, -0.15) is 42.1 Å². The molecule has 0 saturated heterocycles. The summed E-state index contributed by atoms with van der Waals surface area (Å²) in [6.07, 6.45) is -11.9. The average molecular weight is 303 g/mol. The van der Waals surface area contributed by atoms with E-state index in [1.54, 1.807) is 0 Å². The first-order valence-corrected chi connectivity index (χ1v) is 5.09. The summed E-state index contributed by atoms with van der Waals surface area (Å²) in [5.74, 6) is 0. The molecule has 0 aliphatic carbocycles. The normalized spacial score (nSPS) is 11.4. The van der Waals surface area contributed by atoms with Crippen molar-refractivity contribution in [2.24, 2.45) is 0 Å². The number of nitriles is 3. The van der Waals surface area contributed by atoms with Crippen molar-refractivity contribution in [1.82, 2.24) is 0 Å². The Labute approximate surface area is 114 Å². The van der Waals surface area contributed by atoms with Crippen molar-refractivity contribution in [2.75, 3.05) is 0 Å². The van der Waals surface area contributed by atoms with Gasteiger partial charge in [0, 0.05) is 0 Å². The van der Waals surface area contributed by atoms with Gasteiger partial charge in [0.2, 0.25) is 0 Å². The molecule has 108 valence electrons. The molecule has 0 saturated carbocycles. The molecule has 0 bridgehead atoms. The topological polar surface area (TPSA) is 71.4 Å². The number of alkyl halides is 6. The molecule has 1 aromatic rings. The second-order valence-electron chi connectivity index (χ2n) is 3.76. The maximum absolute atomic E-state index is 12.9. The summed E-state index contributed by atoms with van der Waals surface area (Å²) < 4.78 is 77.5. The molecule has 0 unspecified atom stereocenters. The van der Waals surface area contributed by atoms with Crippen molar-refractivity contribution < 1.29 is 26.3 Å². The minimum atomic E-state index is -5.49. The van der Waals surface area contributed by atoms with Gasteiger partial charge in [0.05, 0.1) is 34.7 Å². The lowest BCUT2D eigenvalue weighted by atomic mass is 9.90. The van der Waals surface area contributed by atoms with Gasteiger partial charge in [0.25, 0.3) is 0 Å². The third kappa shape index (κ3) is 3.06. The third-order valence-electron chi connectivity index (χ3n) is 2.48. The van der Waals surface area contributed by atoms with E-state index in [1.165, 1.54) is 12.1 Å². The van der Waals surface area contributed by atoms with Gasteiger partial charge in [-0.1, -0.05) is 0 Å². The molecule has 1 aromatic carbocycles. The Morgan fingerprint density at radius 1 is 0.857 bits per heavy atom. The van der Waals surface area contributed by atoms with Gasteiger partial charge in [-0.3, -0.25) is 0 Å². The standard InChI is InChI=1S/C12H3F6N3/c13-11(14,15)9-6(1-2-19)3-7(4-20)8(5-21)10(9)12(16,17)18/h3H,1H2. The molecule has 0 aromatic heterocycles. The molecule has 3 nitrogen and oxygen atoms in total. The number of halogens is 6. The van der Waals surface area contributed by atoms with E-state index in [1.807, 2.05) is 0 Å². The fourth-order valence-corrected chi connectivity index (χ4v) is 1.77. The number of hydrogen-bond acceptors (Lipinski definition) is 3. The summed E-state index contributed by atoms with van der Waals surface area (Å²) >= 11 is 0. The quantitative estimate of drug-likeness (QED) is 0.745. The Hall–Kier alpha value is -2.73. The lowest BCUT2D eigenvalue weighted by molar-refractivity contribution is -0.162. The molecule has 0 spiro atoms. The highest BCUT2D eigenvalue weighted by Crippen LogP contribution is 2.44. The first kappa shape index (κ1) is 16.3. The van der Waals surface area contributed by atoms with E-state index in [0.29, 0.717) is 6.07 Å². The molecule has 21 heavy (non-hydrogen) atoms. The first-order chi connectivity index (χ1) is 9.57. The summed E-state index contributed by atoms with van der Waals surface area (Å²) in [5, 5.41) is 25.8. The van der Waals surface area contributed by atoms with Crippen LogP contribution in [0.5, 0.6) is 0 Å². The molecule has 0 fully saturated rings. The summed E-state index contributed by atoms with van der Waals surface area (Å²) in [4.78, 5) is 0. The lowest BCUT2D eigenvalue weighted by Crippen LogP contribution is -2.21. The van der Waals surface area contributed by atoms with Crippen molar-refractivity contribution in [1.29, 1.82) is 15.8 Å². The van der Waals surface area contributed by atoms with E-state index in [-0.39, 0.29) is 0 Å². The Balaban J connectivity index is 4.04. The minimum absolute atomic E-state index is 0.486. The maximum Gasteiger partial charge on any atom is 0.418 e. The Morgan fingerprint density at radius 3 is 1.71 bits per heavy atom. The van der Waals surface area contributed by atoms with E-state index in [9.17, 15) is 26.3 Å². The van der Waals surface area contributed by atoms with E-state index >= 15 is 0 Å². The summed E-state index contributed by atoms with van der Waals surface area (Å²) in [7, 11) is 0. The maximum atomic E-state index is 12.9. The fourth-order valence-electron chi connectivity index (χ4n) is 1.77. The molecule has 0 amide bonds. The van der Waals surface area contributed by atoms with Crippen LogP contribution in [0.2, 0.25) is 0 Å². The number of rotatable bonds is 1. The predicted octanol–water partition coefficient (Wildman–Crippen LogP) is 3.53. The molecule has 0 aliphatic heterocycles. The zero-order chi connectivity index (χ0) is 16.4. The van der Waals surface area contributed by atoms with Crippen LogP contribution in [0.4, 0.5) is 26.3 Å². The molecule has 9 heteroatoms. The van der Waals surface area contributed by atoms with Gasteiger partial charge in [0.1, 0.15) is 12.1 Å². The Morgan fingerprint density at radius 2 is 1.38 bits per heavy atom. The van der Waals surface area contributed by atoms with E-state index in [0.717, 1.165) is 6.07 Å². The molecule has 0 heterocycles. The summed E-state index contributed by atoms with van der Waals surface area (Å²) in [6.45, 7) is 0. The number of hydrogen-bond donors (Lipinski definition) is 0. The number of nitrogens with zero attached hydrogens (tertiary/aromatic N) is 3. The van der Waals surface area contributed by atoms with Gasteiger partial charge in [-0.15, -0.1) is 0 Å². The fraction of sp³-hybridized carbons (Fsp3) is 0.250. The summed E-state index contributed by atoms with van der Waals surface area (Å²) in [5.41, 5.74) is -7.59. The van der Waals surface area contributed by atoms with Crippen molar-refractivity contribution in [3.63, 3.8) is 0 Å². The molecule has 0 radical (unpaired) electrons. The molecule has 0 atom stereocenters. The lowest BCUT2D eigenvalue weighted by Gasteiger charge is -2.20. The van der Waals surface area contributed by atoms with Crippen molar-refractivity contribution in [3.8, 4) is 18.2 Å². The van der Waals surface area contributed by atoms with Crippen molar-refractivity contribution >= 4 is 0 Å². The van der Waals surface area contributed by atoms with Crippen LogP contribution >= 0.6 is 0 Å². The first-order valence-electron chi connectivity index (χ1n) is 5.09. The predicted molar refractivity (Wildman–Crippen MR) is 55.2 cm³/mol. The minimum Gasteiger partial charge on any atom is -0.198 e. The van der Waals surface area contributed by atoms with Crippen LogP contribution in [0, 0.1) is 34.0 Å². The highest BCUT2D eigenvalue weighted by Gasteiger charge is 2.47. The summed E-state index contributed by atoms with van der Waals surface area (Å²) in [6, 6.07) is 4.01. The van der Waals surface area contributed by atoms with Crippen molar-refractivity contribution in [2.45, 2.75) is 18.8 Å². The molecule has 0 N–H and O–H groups in total. The monoisotopic (exact) mass is 303 g/mol. The zero-order valence-electron chi connectivity index (χ0n) is 9.89. The van der Waals surface area contributed by atoms with Gasteiger partial charge in [-0.05, 0) is 11.6 Å². The molecule has 0 aliphatic rings. The van der Waals surface area contributed by atoms with Crippen LogP contribution in [0.15, 0.2) is 6.07 Å². The van der Waals surface area contributed by atoms with Crippen LogP contribution in [-0.4, -0.2) is 0 Å². The molecular formula is C12H3F6N3. The van der Waals surface area contributed by atoms with Gasteiger partial charge >= 0.3 is 12.4 Å². The van der Waals surface area contributed by atoms with Crippen LogP contribution < -0.4 is 0 Å². The van der Waals surface area contributed by atoms with E-state index < -0.39 is 46.6 Å². The third-order valence-corrected chi connectivity index (χ3v) is 2.48. The van der Waals surface area contributed by atoms with Gasteiger partial charge in [-0.25, -0.2) is 0 Å². The van der Waals surface area contributed by atoms with Crippen LogP contribution in [-0.2, 0) is 18.8 Å². The highest BCUT2D eigenvalue weighted by atomic mass is 19.4. The van der Waals surface area contributed by atoms with E-state index in [2.05, 4.69) is 0 Å². The largest absolute Gasteiger partial charge is 0.418 e.